The van der Waals surface area contributed by atoms with Crippen LogP contribution in [0.5, 0.6) is 0 Å². The van der Waals surface area contributed by atoms with Crippen molar-refractivity contribution in [3.63, 3.8) is 0 Å². The highest BCUT2D eigenvalue weighted by Gasteiger charge is 2.24. The summed E-state index contributed by atoms with van der Waals surface area (Å²) in [6.45, 7) is 6.07. The highest BCUT2D eigenvalue weighted by molar-refractivity contribution is 7.10. The number of nitrogens with one attached hydrogen (secondary N) is 1. The van der Waals surface area contributed by atoms with Crippen molar-refractivity contribution in [3.8, 4) is 0 Å². The fourth-order valence-corrected chi connectivity index (χ4v) is 4.11. The quantitative estimate of drug-likeness (QED) is 0.817. The number of ether oxygens (including phenoxy) is 1. The highest BCUT2D eigenvalue weighted by atomic mass is 32.1. The van der Waals surface area contributed by atoms with Gasteiger partial charge in [0.05, 0.1) is 5.56 Å². The Kier molecular flexibility index (Phi) is 6.00. The number of esters is 1. The first kappa shape index (κ1) is 17.0. The van der Waals surface area contributed by atoms with Gasteiger partial charge in [0.15, 0.2) is 6.61 Å². The van der Waals surface area contributed by atoms with Gasteiger partial charge in [0.1, 0.15) is 0 Å². The molecule has 0 saturated carbocycles. The molecular formula is C17H25NO3S. The Morgan fingerprint density at radius 2 is 2.27 bits per heavy atom. The van der Waals surface area contributed by atoms with Gasteiger partial charge >= 0.3 is 5.97 Å². The minimum Gasteiger partial charge on any atom is -0.452 e. The minimum atomic E-state index is -0.370. The molecular weight excluding hydrogens is 298 g/mol. The maximum atomic E-state index is 12.2. The van der Waals surface area contributed by atoms with E-state index in [9.17, 15) is 9.59 Å². The lowest BCUT2D eigenvalue weighted by Gasteiger charge is -2.18. The molecule has 0 unspecified atom stereocenters. The molecule has 1 aromatic heterocycles. The fourth-order valence-electron chi connectivity index (χ4n) is 2.88. The summed E-state index contributed by atoms with van der Waals surface area (Å²) in [4.78, 5) is 25.2. The van der Waals surface area contributed by atoms with Crippen LogP contribution in [0, 0.1) is 5.92 Å². The lowest BCUT2D eigenvalue weighted by Crippen LogP contribution is -2.35. The first-order chi connectivity index (χ1) is 10.5. The lowest BCUT2D eigenvalue weighted by molar-refractivity contribution is -0.124. The highest BCUT2D eigenvalue weighted by Crippen LogP contribution is 2.33. The maximum Gasteiger partial charge on any atom is 0.339 e. The van der Waals surface area contributed by atoms with Gasteiger partial charge in [-0.15, -0.1) is 11.3 Å². The summed E-state index contributed by atoms with van der Waals surface area (Å²) in [5, 5.41) is 4.71. The molecule has 5 heteroatoms. The zero-order valence-electron chi connectivity index (χ0n) is 13.6. The second kappa shape index (κ2) is 7.77. The zero-order valence-corrected chi connectivity index (χ0v) is 14.4. The van der Waals surface area contributed by atoms with Gasteiger partial charge in [-0.2, -0.15) is 0 Å². The van der Waals surface area contributed by atoms with Crippen LogP contribution in [0.4, 0.5) is 0 Å². The summed E-state index contributed by atoms with van der Waals surface area (Å²) < 4.78 is 5.18. The molecule has 2 atom stereocenters. The first-order valence-electron chi connectivity index (χ1n) is 8.07. The third-order valence-corrected chi connectivity index (χ3v) is 5.14. The normalized spacial score (nSPS) is 18.4. The number of hydrogen-bond acceptors (Lipinski definition) is 4. The second-order valence-electron chi connectivity index (χ2n) is 6.23. The van der Waals surface area contributed by atoms with E-state index in [1.165, 1.54) is 4.88 Å². The van der Waals surface area contributed by atoms with E-state index in [1.807, 2.05) is 12.3 Å². The van der Waals surface area contributed by atoms with E-state index in [-0.39, 0.29) is 24.5 Å². The Morgan fingerprint density at radius 3 is 3.00 bits per heavy atom. The Labute approximate surface area is 136 Å². The molecule has 1 aliphatic carbocycles. The SMILES string of the molecule is CCC[C@H](C)NC(=O)COC(=O)c1csc2c1CC[C@H](C)C2. The maximum absolute atomic E-state index is 12.2. The monoisotopic (exact) mass is 323 g/mol. The van der Waals surface area contributed by atoms with Crippen molar-refractivity contribution in [3.05, 3.63) is 21.4 Å². The number of thiophene rings is 1. The Morgan fingerprint density at radius 1 is 1.50 bits per heavy atom. The van der Waals surface area contributed by atoms with E-state index in [0.717, 1.165) is 37.7 Å². The van der Waals surface area contributed by atoms with Gasteiger partial charge < -0.3 is 10.1 Å². The van der Waals surface area contributed by atoms with E-state index in [2.05, 4.69) is 19.2 Å². The Balaban J connectivity index is 1.87. The molecule has 2 rings (SSSR count). The van der Waals surface area contributed by atoms with Crippen LogP contribution in [-0.2, 0) is 22.4 Å². The summed E-state index contributed by atoms with van der Waals surface area (Å²) in [7, 11) is 0. The number of fused-ring (bicyclic) bond motifs is 1. The molecule has 1 aromatic rings. The van der Waals surface area contributed by atoms with Crippen molar-refractivity contribution >= 4 is 23.2 Å². The van der Waals surface area contributed by atoms with Gasteiger partial charge in [0.2, 0.25) is 0 Å². The molecule has 1 aliphatic rings. The zero-order chi connectivity index (χ0) is 16.1. The lowest BCUT2D eigenvalue weighted by atomic mass is 9.88. The van der Waals surface area contributed by atoms with Crippen LogP contribution in [0.1, 0.15) is 60.8 Å². The van der Waals surface area contributed by atoms with E-state index in [4.69, 9.17) is 4.74 Å². The Hall–Kier alpha value is -1.36. The van der Waals surface area contributed by atoms with Crippen molar-refractivity contribution in [2.24, 2.45) is 5.92 Å². The number of rotatable bonds is 6. The van der Waals surface area contributed by atoms with E-state index < -0.39 is 0 Å². The number of amides is 1. The van der Waals surface area contributed by atoms with E-state index in [0.29, 0.717) is 11.5 Å². The predicted molar refractivity (Wildman–Crippen MR) is 88.3 cm³/mol. The van der Waals surface area contributed by atoms with Crippen LogP contribution in [0.2, 0.25) is 0 Å². The number of carbonyl (C=O) groups is 2. The van der Waals surface area contributed by atoms with Crippen LogP contribution < -0.4 is 5.32 Å². The van der Waals surface area contributed by atoms with Gasteiger partial charge in [0, 0.05) is 16.3 Å². The van der Waals surface area contributed by atoms with E-state index >= 15 is 0 Å². The Bertz CT molecular complexity index is 538. The largest absolute Gasteiger partial charge is 0.452 e. The molecule has 122 valence electrons. The minimum absolute atomic E-state index is 0.117. The second-order valence-corrected chi connectivity index (χ2v) is 7.20. The van der Waals surface area contributed by atoms with Crippen LogP contribution in [0.3, 0.4) is 0 Å². The molecule has 1 N–H and O–H groups in total. The average molecular weight is 323 g/mol. The summed E-state index contributed by atoms with van der Waals surface area (Å²) >= 11 is 1.63. The molecule has 22 heavy (non-hydrogen) atoms. The van der Waals surface area contributed by atoms with Crippen molar-refractivity contribution in [2.45, 2.75) is 58.9 Å². The van der Waals surface area contributed by atoms with Crippen molar-refractivity contribution in [1.29, 1.82) is 0 Å². The third kappa shape index (κ3) is 4.32. The summed E-state index contributed by atoms with van der Waals surface area (Å²) in [6, 6.07) is 0.117. The molecule has 0 fully saturated rings. The fraction of sp³-hybridized carbons (Fsp3) is 0.647. The summed E-state index contributed by atoms with van der Waals surface area (Å²) in [6.07, 6.45) is 5.03. The van der Waals surface area contributed by atoms with Crippen LogP contribution in [0.15, 0.2) is 5.38 Å². The summed E-state index contributed by atoms with van der Waals surface area (Å²) in [5.41, 5.74) is 1.79. The van der Waals surface area contributed by atoms with Gasteiger partial charge in [-0.3, -0.25) is 4.79 Å². The number of hydrogen-bond donors (Lipinski definition) is 1. The molecule has 0 saturated heterocycles. The predicted octanol–water partition coefficient (Wildman–Crippen LogP) is 3.33. The third-order valence-electron chi connectivity index (χ3n) is 4.09. The van der Waals surface area contributed by atoms with Gasteiger partial charge in [-0.25, -0.2) is 4.79 Å². The van der Waals surface area contributed by atoms with E-state index in [1.54, 1.807) is 11.3 Å². The van der Waals surface area contributed by atoms with Crippen molar-refractivity contribution < 1.29 is 14.3 Å². The topological polar surface area (TPSA) is 55.4 Å². The molecule has 0 spiro atoms. The van der Waals surface area contributed by atoms with Crippen LogP contribution in [0.25, 0.3) is 0 Å². The van der Waals surface area contributed by atoms with Crippen LogP contribution >= 0.6 is 11.3 Å². The number of carbonyl (C=O) groups excluding carboxylic acids is 2. The van der Waals surface area contributed by atoms with Crippen LogP contribution in [-0.4, -0.2) is 24.5 Å². The van der Waals surface area contributed by atoms with Gasteiger partial charge in [-0.1, -0.05) is 20.3 Å². The molecule has 0 aromatic carbocycles. The van der Waals surface area contributed by atoms with Gasteiger partial charge in [0.25, 0.3) is 5.91 Å². The smallest absolute Gasteiger partial charge is 0.339 e. The molecule has 1 amide bonds. The molecule has 1 heterocycles. The molecule has 0 aliphatic heterocycles. The van der Waals surface area contributed by atoms with Crippen molar-refractivity contribution in [1.82, 2.24) is 5.32 Å². The first-order valence-corrected chi connectivity index (χ1v) is 8.95. The average Bonchev–Trinajstić information content (AvgIpc) is 2.87. The molecule has 0 radical (unpaired) electrons. The van der Waals surface area contributed by atoms with Crippen molar-refractivity contribution in [2.75, 3.05) is 6.61 Å². The standard InChI is InChI=1S/C17H25NO3S/c1-4-5-12(3)18-16(19)9-21-17(20)14-10-22-15-8-11(2)6-7-13(14)15/h10-12H,4-9H2,1-3H3,(H,18,19)/t11-,12-/m0/s1. The summed E-state index contributed by atoms with van der Waals surface area (Å²) in [5.74, 6) is 0.0817. The van der Waals surface area contributed by atoms with Gasteiger partial charge in [-0.05, 0) is 44.1 Å². The molecule has 0 bridgehead atoms. The molecule has 4 nitrogen and oxygen atoms in total.